The third-order valence-electron chi connectivity index (χ3n) is 3.45. The predicted molar refractivity (Wildman–Crippen MR) is 84.1 cm³/mol. The lowest BCUT2D eigenvalue weighted by molar-refractivity contribution is -0.385. The zero-order valence-corrected chi connectivity index (χ0v) is 13.1. The van der Waals surface area contributed by atoms with Crippen LogP contribution in [0.25, 0.3) is 0 Å². The molecule has 122 valence electrons. The largest absolute Gasteiger partial charge is 0.429 e. The van der Waals surface area contributed by atoms with Gasteiger partial charge in [0, 0.05) is 11.6 Å². The van der Waals surface area contributed by atoms with E-state index in [2.05, 4.69) is 10.2 Å². The van der Waals surface area contributed by atoms with E-state index in [0.29, 0.717) is 30.4 Å². The Kier molecular flexibility index (Phi) is 5.16. The number of aldehydes is 1. The van der Waals surface area contributed by atoms with Crippen molar-refractivity contribution in [2.24, 2.45) is 0 Å². The number of rotatable bonds is 6. The fraction of sp³-hybridized carbons (Fsp3) is 0.250. The fourth-order valence-electron chi connectivity index (χ4n) is 2.28. The van der Waals surface area contributed by atoms with E-state index < -0.39 is 4.92 Å². The molecule has 8 heteroatoms. The Morgan fingerprint density at radius 2 is 2.08 bits per heavy atom. The number of nitrogens with zero attached hydrogens (tertiary/aromatic N) is 4. The number of benzene rings is 1. The summed E-state index contributed by atoms with van der Waals surface area (Å²) in [6.07, 6.45) is 1.70. The molecule has 0 fully saturated rings. The molecular weight excluding hydrogens is 312 g/mol. The molecule has 0 saturated carbocycles. The van der Waals surface area contributed by atoms with Crippen molar-refractivity contribution in [3.8, 4) is 17.7 Å². The Hall–Kier alpha value is -3.34. The van der Waals surface area contributed by atoms with Crippen molar-refractivity contribution in [1.82, 2.24) is 10.2 Å². The van der Waals surface area contributed by atoms with E-state index in [4.69, 9.17) is 4.74 Å². The van der Waals surface area contributed by atoms with Crippen LogP contribution in [0, 0.1) is 21.4 Å². The lowest BCUT2D eigenvalue weighted by Gasteiger charge is -2.11. The number of carbonyl (C=O) groups excluding carboxylic acids is 1. The number of aromatic nitrogens is 2. The highest BCUT2D eigenvalue weighted by Gasteiger charge is 2.21. The number of ether oxygens (including phenoxy) is 1. The minimum absolute atomic E-state index is 0.113. The van der Waals surface area contributed by atoms with Gasteiger partial charge in [0.05, 0.1) is 10.6 Å². The lowest BCUT2D eigenvalue weighted by Crippen LogP contribution is -2.06. The summed E-state index contributed by atoms with van der Waals surface area (Å²) in [7, 11) is 0. The van der Waals surface area contributed by atoms with Crippen LogP contribution in [-0.2, 0) is 12.8 Å². The highest BCUT2D eigenvalue weighted by atomic mass is 16.6. The second kappa shape index (κ2) is 7.28. The van der Waals surface area contributed by atoms with Crippen molar-refractivity contribution in [2.75, 3.05) is 0 Å². The molecule has 0 unspecified atom stereocenters. The van der Waals surface area contributed by atoms with Gasteiger partial charge in [-0.05, 0) is 30.5 Å². The van der Waals surface area contributed by atoms with Gasteiger partial charge in [-0.2, -0.15) is 10.4 Å². The van der Waals surface area contributed by atoms with Gasteiger partial charge in [0.25, 0.3) is 5.88 Å². The highest BCUT2D eigenvalue weighted by molar-refractivity contribution is 5.77. The van der Waals surface area contributed by atoms with Gasteiger partial charge in [0.1, 0.15) is 17.9 Å². The first kappa shape index (κ1) is 17.0. The molecule has 0 radical (unpaired) electrons. The molecule has 0 aliphatic heterocycles. The molecule has 0 spiro atoms. The molecule has 0 N–H and O–H groups in total. The smallest absolute Gasteiger partial charge is 0.311 e. The Balaban J connectivity index is 2.58. The minimum Gasteiger partial charge on any atom is -0.429 e. The molecule has 0 bridgehead atoms. The summed E-state index contributed by atoms with van der Waals surface area (Å²) in [5, 5.41) is 28.4. The van der Waals surface area contributed by atoms with Crippen molar-refractivity contribution in [1.29, 1.82) is 5.26 Å². The van der Waals surface area contributed by atoms with E-state index in [-0.39, 0.29) is 28.4 Å². The summed E-state index contributed by atoms with van der Waals surface area (Å²) < 4.78 is 5.48. The Labute approximate surface area is 137 Å². The number of nitro benzene ring substituents is 1. The zero-order valence-electron chi connectivity index (χ0n) is 13.1. The predicted octanol–water partition coefficient (Wildman–Crippen LogP) is 2.99. The van der Waals surface area contributed by atoms with E-state index >= 15 is 0 Å². The number of nitro groups is 1. The maximum absolute atomic E-state index is 11.1. The topological polar surface area (TPSA) is 119 Å². The molecule has 1 heterocycles. The average molecular weight is 326 g/mol. The van der Waals surface area contributed by atoms with Crippen LogP contribution in [-0.4, -0.2) is 21.4 Å². The normalized spacial score (nSPS) is 10.0. The number of carbonyl (C=O) groups is 1. The minimum atomic E-state index is -0.634. The van der Waals surface area contributed by atoms with Gasteiger partial charge in [-0.25, -0.2) is 0 Å². The third-order valence-corrected chi connectivity index (χ3v) is 3.45. The summed E-state index contributed by atoms with van der Waals surface area (Å²) in [5.41, 5.74) is 1.44. The standard InChI is InChI=1S/C16H14N4O4/c1-3-11-12(8-17)16(19-18-13(11)4-2)24-15-7-10(9-21)5-6-14(15)20(22)23/h5-7,9H,3-4H2,1-2H3. The molecule has 0 atom stereocenters. The van der Waals surface area contributed by atoms with Crippen LogP contribution in [0.15, 0.2) is 18.2 Å². The monoisotopic (exact) mass is 326 g/mol. The van der Waals surface area contributed by atoms with Crippen LogP contribution in [0.5, 0.6) is 11.6 Å². The second-order valence-corrected chi connectivity index (χ2v) is 4.83. The quantitative estimate of drug-likeness (QED) is 0.454. The van der Waals surface area contributed by atoms with Crippen LogP contribution >= 0.6 is 0 Å². The van der Waals surface area contributed by atoms with Crippen LogP contribution in [0.3, 0.4) is 0 Å². The van der Waals surface area contributed by atoms with Crippen molar-refractivity contribution in [2.45, 2.75) is 26.7 Å². The molecular formula is C16H14N4O4. The van der Waals surface area contributed by atoms with Crippen LogP contribution < -0.4 is 4.74 Å². The summed E-state index contributed by atoms with van der Waals surface area (Å²) in [4.78, 5) is 21.4. The lowest BCUT2D eigenvalue weighted by atomic mass is 10.0. The van der Waals surface area contributed by atoms with Crippen molar-refractivity contribution in [3.63, 3.8) is 0 Å². The number of hydrogen-bond acceptors (Lipinski definition) is 7. The first-order valence-electron chi connectivity index (χ1n) is 7.25. The van der Waals surface area contributed by atoms with E-state index in [1.807, 2.05) is 19.9 Å². The van der Waals surface area contributed by atoms with E-state index in [1.165, 1.54) is 18.2 Å². The Morgan fingerprint density at radius 1 is 1.33 bits per heavy atom. The Morgan fingerprint density at radius 3 is 2.62 bits per heavy atom. The van der Waals surface area contributed by atoms with E-state index in [1.54, 1.807) is 0 Å². The molecule has 8 nitrogen and oxygen atoms in total. The molecule has 1 aromatic heterocycles. The van der Waals surface area contributed by atoms with Gasteiger partial charge >= 0.3 is 5.69 Å². The summed E-state index contributed by atoms with van der Waals surface area (Å²) in [6, 6.07) is 5.73. The van der Waals surface area contributed by atoms with E-state index in [0.717, 1.165) is 0 Å². The molecule has 0 saturated heterocycles. The average Bonchev–Trinajstić information content (AvgIpc) is 2.60. The molecule has 2 aromatic rings. The molecule has 24 heavy (non-hydrogen) atoms. The summed E-state index contributed by atoms with van der Waals surface area (Å²) in [5.74, 6) is -0.278. The van der Waals surface area contributed by atoms with Crippen LogP contribution in [0.1, 0.15) is 41.0 Å². The van der Waals surface area contributed by atoms with Gasteiger partial charge in [-0.1, -0.05) is 13.8 Å². The molecule has 0 amide bonds. The van der Waals surface area contributed by atoms with Crippen molar-refractivity contribution < 1.29 is 14.5 Å². The van der Waals surface area contributed by atoms with Gasteiger partial charge in [0.2, 0.25) is 5.75 Å². The maximum Gasteiger partial charge on any atom is 0.311 e. The number of hydrogen-bond donors (Lipinski definition) is 0. The summed E-state index contributed by atoms with van der Waals surface area (Å²) >= 11 is 0. The molecule has 1 aromatic carbocycles. The van der Waals surface area contributed by atoms with Crippen LogP contribution in [0.2, 0.25) is 0 Å². The molecule has 0 aliphatic carbocycles. The fourth-order valence-corrected chi connectivity index (χ4v) is 2.28. The van der Waals surface area contributed by atoms with Gasteiger partial charge < -0.3 is 4.74 Å². The molecule has 0 aliphatic rings. The first-order chi connectivity index (χ1) is 11.5. The van der Waals surface area contributed by atoms with E-state index in [9.17, 15) is 20.2 Å². The number of aryl methyl sites for hydroxylation is 1. The maximum atomic E-state index is 11.1. The van der Waals surface area contributed by atoms with Gasteiger partial charge in [-0.15, -0.1) is 5.10 Å². The molecule has 2 rings (SSSR count). The zero-order chi connectivity index (χ0) is 17.7. The number of nitriles is 1. The third kappa shape index (κ3) is 3.20. The van der Waals surface area contributed by atoms with Crippen LogP contribution in [0.4, 0.5) is 5.69 Å². The second-order valence-electron chi connectivity index (χ2n) is 4.83. The first-order valence-corrected chi connectivity index (χ1v) is 7.25. The highest BCUT2D eigenvalue weighted by Crippen LogP contribution is 2.33. The van der Waals surface area contributed by atoms with Gasteiger partial charge in [-0.3, -0.25) is 14.9 Å². The van der Waals surface area contributed by atoms with Gasteiger partial charge in [0.15, 0.2) is 0 Å². The van der Waals surface area contributed by atoms with Crippen molar-refractivity contribution in [3.05, 3.63) is 50.7 Å². The van der Waals surface area contributed by atoms with Crippen molar-refractivity contribution >= 4 is 12.0 Å². The SMILES string of the molecule is CCc1nnc(Oc2cc(C=O)ccc2[N+](=O)[O-])c(C#N)c1CC. The summed E-state index contributed by atoms with van der Waals surface area (Å²) in [6.45, 7) is 3.76. The Bertz CT molecular complexity index is 843.